The highest BCUT2D eigenvalue weighted by molar-refractivity contribution is 6.31. The molecule has 0 saturated carbocycles. The van der Waals surface area contributed by atoms with Crippen molar-refractivity contribution in [3.05, 3.63) is 166 Å². The molecule has 9 heteroatoms. The van der Waals surface area contributed by atoms with Gasteiger partial charge in [0.15, 0.2) is 5.60 Å². The van der Waals surface area contributed by atoms with Crippen LogP contribution in [0.25, 0.3) is 11.1 Å². The first-order valence-corrected chi connectivity index (χ1v) is 19.0. The molecule has 284 valence electrons. The number of benzene rings is 5. The minimum absolute atomic E-state index is 0.0817. The number of carbonyl (C=O) groups is 3. The molecule has 0 radical (unpaired) electrons. The van der Waals surface area contributed by atoms with Crippen LogP contribution in [-0.4, -0.2) is 43.0 Å². The van der Waals surface area contributed by atoms with E-state index in [0.29, 0.717) is 41.1 Å². The lowest BCUT2D eigenvalue weighted by molar-refractivity contribution is -0.156. The summed E-state index contributed by atoms with van der Waals surface area (Å²) in [5, 5.41) is 6.01. The van der Waals surface area contributed by atoms with Crippen LogP contribution in [0.15, 0.2) is 127 Å². The normalized spacial score (nSPS) is 13.8. The van der Waals surface area contributed by atoms with Gasteiger partial charge in [-0.2, -0.15) is 0 Å². The zero-order valence-corrected chi connectivity index (χ0v) is 32.4. The first-order chi connectivity index (χ1) is 26.5. The summed E-state index contributed by atoms with van der Waals surface area (Å²) in [5.74, 6) is -0.826. The molecule has 5 aromatic carbocycles. The molecule has 0 spiro atoms. The molecule has 0 saturated heterocycles. The highest BCUT2D eigenvalue weighted by atomic mass is 35.5. The number of hydrogen-bond acceptors (Lipinski definition) is 6. The molecule has 6 rings (SSSR count). The minimum Gasteiger partial charge on any atom is -0.449 e. The lowest BCUT2D eigenvalue weighted by Crippen LogP contribution is -2.46. The zero-order chi connectivity index (χ0) is 39.0. The van der Waals surface area contributed by atoms with E-state index >= 15 is 0 Å². The number of aryl methyl sites for hydroxylation is 1. The van der Waals surface area contributed by atoms with Crippen molar-refractivity contribution in [3.63, 3.8) is 0 Å². The van der Waals surface area contributed by atoms with E-state index < -0.39 is 35.4 Å². The molecule has 55 heavy (non-hydrogen) atoms. The third-order valence-electron chi connectivity index (χ3n) is 9.65. The Kier molecular flexibility index (Phi) is 12.3. The van der Waals surface area contributed by atoms with Crippen molar-refractivity contribution >= 4 is 29.8 Å². The van der Waals surface area contributed by atoms with Gasteiger partial charge in [0.1, 0.15) is 18.2 Å². The van der Waals surface area contributed by atoms with Crippen molar-refractivity contribution < 1.29 is 28.6 Å². The number of amides is 2. The monoisotopic (exact) mass is 758 g/mol. The van der Waals surface area contributed by atoms with Crippen molar-refractivity contribution in [2.75, 3.05) is 13.2 Å². The zero-order valence-electron chi connectivity index (χ0n) is 31.6. The second-order valence-corrected chi connectivity index (χ2v) is 15.2. The standard InChI is InChI=1S/C46H47ClN2O6/c1-31-25-27-33(28-26-31)46(32-16-6-5-7-17-32,39-22-12-13-23-40(39)47)54-42(50)41(24-14-15-29-48-43(51)55-45(2,3)4)49-44(52)53-30-38-36-20-10-8-18-34(36)35-19-9-11-21-37(35)38/h5-13,16-23,25-28,38,41H,14-15,24,29-30H2,1-4H3,(H,48,51)(H,49,52). The Hall–Kier alpha value is -5.60. The maximum Gasteiger partial charge on any atom is 0.407 e. The van der Waals surface area contributed by atoms with Gasteiger partial charge in [-0.25, -0.2) is 14.4 Å². The molecule has 8 nitrogen and oxygen atoms in total. The number of ether oxygens (including phenoxy) is 3. The van der Waals surface area contributed by atoms with Crippen LogP contribution in [-0.2, 0) is 24.6 Å². The SMILES string of the molecule is Cc1ccc(C(OC(=O)C(CCCCNC(=O)OC(C)(C)C)NC(=O)OCC2c3ccccc3-c3ccccc32)(c2ccccc2)c2ccccc2Cl)cc1. The maximum atomic E-state index is 14.7. The number of esters is 1. The van der Waals surface area contributed by atoms with Crippen molar-refractivity contribution in [2.45, 2.75) is 70.1 Å². The van der Waals surface area contributed by atoms with E-state index in [0.717, 1.165) is 27.8 Å². The Morgan fingerprint density at radius 2 is 1.27 bits per heavy atom. The van der Waals surface area contributed by atoms with Gasteiger partial charge in [0.25, 0.3) is 0 Å². The summed E-state index contributed by atoms with van der Waals surface area (Å²) in [4.78, 5) is 40.6. The summed E-state index contributed by atoms with van der Waals surface area (Å²) >= 11 is 6.92. The average Bonchev–Trinajstić information content (AvgIpc) is 3.49. The van der Waals surface area contributed by atoms with Crippen LogP contribution in [0.4, 0.5) is 9.59 Å². The van der Waals surface area contributed by atoms with E-state index in [1.165, 1.54) is 0 Å². The van der Waals surface area contributed by atoms with Gasteiger partial charge < -0.3 is 24.8 Å². The number of nitrogens with one attached hydrogen (secondary N) is 2. The second kappa shape index (κ2) is 17.2. The molecule has 0 fully saturated rings. The highest BCUT2D eigenvalue weighted by Gasteiger charge is 2.44. The van der Waals surface area contributed by atoms with Gasteiger partial charge in [-0.15, -0.1) is 0 Å². The summed E-state index contributed by atoms with van der Waals surface area (Å²) in [6.07, 6.45) is -0.0734. The molecular weight excluding hydrogens is 712 g/mol. The predicted octanol–water partition coefficient (Wildman–Crippen LogP) is 10.1. The van der Waals surface area contributed by atoms with E-state index in [-0.39, 0.29) is 18.9 Å². The quantitative estimate of drug-likeness (QED) is 0.0536. The summed E-state index contributed by atoms with van der Waals surface area (Å²) in [5.41, 5.74) is 5.26. The van der Waals surface area contributed by atoms with Gasteiger partial charge in [0.05, 0.1) is 0 Å². The van der Waals surface area contributed by atoms with E-state index in [2.05, 4.69) is 34.9 Å². The fourth-order valence-electron chi connectivity index (χ4n) is 7.09. The summed E-state index contributed by atoms with van der Waals surface area (Å²) in [6.45, 7) is 7.78. The molecule has 1 aliphatic carbocycles. The summed E-state index contributed by atoms with van der Waals surface area (Å²) in [6, 6.07) is 39.6. The number of carbonyl (C=O) groups excluding carboxylic acids is 3. The molecule has 1 aliphatic rings. The smallest absolute Gasteiger partial charge is 0.407 e. The van der Waals surface area contributed by atoms with Crippen LogP contribution < -0.4 is 10.6 Å². The fraction of sp³-hybridized carbons (Fsp3) is 0.283. The van der Waals surface area contributed by atoms with Crippen molar-refractivity contribution in [2.24, 2.45) is 0 Å². The first kappa shape index (κ1) is 39.1. The molecule has 0 aliphatic heterocycles. The largest absolute Gasteiger partial charge is 0.449 e. The molecule has 0 bridgehead atoms. The number of hydrogen-bond donors (Lipinski definition) is 2. The molecule has 0 aromatic heterocycles. The molecular formula is C46H47ClN2O6. The minimum atomic E-state index is -1.47. The van der Waals surface area contributed by atoms with E-state index in [1.54, 1.807) is 26.8 Å². The van der Waals surface area contributed by atoms with Crippen LogP contribution in [0.5, 0.6) is 0 Å². The van der Waals surface area contributed by atoms with Gasteiger partial charge in [-0.05, 0) is 75.3 Å². The Labute approximate surface area is 328 Å². The molecule has 2 N–H and O–H groups in total. The molecule has 2 atom stereocenters. The Morgan fingerprint density at radius 1 is 0.691 bits per heavy atom. The van der Waals surface area contributed by atoms with Gasteiger partial charge in [0.2, 0.25) is 0 Å². The topological polar surface area (TPSA) is 103 Å². The Bertz CT molecular complexity index is 2070. The third-order valence-corrected chi connectivity index (χ3v) is 9.98. The van der Waals surface area contributed by atoms with Gasteiger partial charge in [-0.3, -0.25) is 0 Å². The highest BCUT2D eigenvalue weighted by Crippen LogP contribution is 2.45. The third kappa shape index (κ3) is 9.20. The number of rotatable bonds is 13. The number of unbranched alkanes of at least 4 members (excludes halogenated alkanes) is 1. The maximum absolute atomic E-state index is 14.7. The van der Waals surface area contributed by atoms with E-state index in [9.17, 15) is 14.4 Å². The number of alkyl carbamates (subject to hydrolysis) is 2. The summed E-state index contributed by atoms with van der Waals surface area (Å²) in [7, 11) is 0. The van der Waals surface area contributed by atoms with Gasteiger partial charge >= 0.3 is 18.2 Å². The summed E-state index contributed by atoms with van der Waals surface area (Å²) < 4.78 is 18.0. The lowest BCUT2D eigenvalue weighted by Gasteiger charge is -2.37. The van der Waals surface area contributed by atoms with E-state index in [4.69, 9.17) is 25.8 Å². The van der Waals surface area contributed by atoms with Crippen molar-refractivity contribution in [3.8, 4) is 11.1 Å². The van der Waals surface area contributed by atoms with E-state index in [1.807, 2.05) is 104 Å². The van der Waals surface area contributed by atoms with Crippen LogP contribution >= 0.6 is 11.6 Å². The number of halogens is 1. The van der Waals surface area contributed by atoms with Gasteiger partial charge in [-0.1, -0.05) is 138 Å². The average molecular weight is 759 g/mol. The lowest BCUT2D eigenvalue weighted by atomic mass is 9.79. The molecule has 0 heterocycles. The first-order valence-electron chi connectivity index (χ1n) is 18.6. The van der Waals surface area contributed by atoms with Crippen molar-refractivity contribution in [1.82, 2.24) is 10.6 Å². The molecule has 5 aromatic rings. The van der Waals surface area contributed by atoms with Crippen LogP contribution in [0.2, 0.25) is 5.02 Å². The molecule has 2 unspecified atom stereocenters. The van der Waals surface area contributed by atoms with Crippen LogP contribution in [0.1, 0.15) is 79.3 Å². The second-order valence-electron chi connectivity index (χ2n) is 14.8. The van der Waals surface area contributed by atoms with Gasteiger partial charge in [0, 0.05) is 34.2 Å². The number of fused-ring (bicyclic) bond motifs is 3. The van der Waals surface area contributed by atoms with Crippen LogP contribution in [0.3, 0.4) is 0 Å². The van der Waals surface area contributed by atoms with Crippen molar-refractivity contribution in [1.29, 1.82) is 0 Å². The Morgan fingerprint density at radius 3 is 1.91 bits per heavy atom. The molecule has 2 amide bonds. The Balaban J connectivity index is 1.27. The predicted molar refractivity (Wildman–Crippen MR) is 215 cm³/mol. The fourth-order valence-corrected chi connectivity index (χ4v) is 7.36. The van der Waals surface area contributed by atoms with Crippen LogP contribution in [0, 0.1) is 6.92 Å².